The minimum atomic E-state index is 0.0496. The Morgan fingerprint density at radius 2 is 1.60 bits per heavy atom. The topological polar surface area (TPSA) is 40.6 Å². The molecule has 1 aliphatic rings. The Morgan fingerprint density at radius 1 is 0.880 bits per heavy atom. The van der Waals surface area contributed by atoms with E-state index in [1.165, 1.54) is 5.56 Å². The van der Waals surface area contributed by atoms with Crippen LogP contribution < -0.4 is 0 Å². The Kier molecular flexibility index (Phi) is 5.49. The average Bonchev–Trinajstić information content (AvgIpc) is 2.88. The molecule has 3 rings (SSSR count). The first-order valence-electron chi connectivity index (χ1n) is 8.81. The summed E-state index contributed by atoms with van der Waals surface area (Å²) in [6.07, 6.45) is 1.24. The molecule has 0 atom stereocenters. The number of benzene rings is 2. The van der Waals surface area contributed by atoms with Gasteiger partial charge in [0.25, 0.3) is 5.91 Å². The van der Waals surface area contributed by atoms with Gasteiger partial charge in [-0.3, -0.25) is 9.59 Å². The van der Waals surface area contributed by atoms with Gasteiger partial charge in [-0.1, -0.05) is 48.0 Å². The Bertz CT molecular complexity index is 743. The first kappa shape index (κ1) is 17.2. The molecular weight excluding hydrogens is 312 g/mol. The lowest BCUT2D eigenvalue weighted by atomic mass is 10.1. The Morgan fingerprint density at radius 3 is 2.36 bits per heavy atom. The third-order valence-electron chi connectivity index (χ3n) is 4.59. The minimum absolute atomic E-state index is 0.0496. The molecule has 0 bridgehead atoms. The number of amides is 2. The van der Waals surface area contributed by atoms with Crippen molar-refractivity contribution >= 4 is 11.8 Å². The standard InChI is InChI=1S/C21H24N2O2/c1-17-7-5-8-18(15-17)16-20(24)22-11-6-12-23(14-13-22)21(25)19-9-3-2-4-10-19/h2-5,7-10,15H,6,11-14,16H2,1H3. The van der Waals surface area contributed by atoms with Gasteiger partial charge >= 0.3 is 0 Å². The molecule has 4 heteroatoms. The van der Waals surface area contributed by atoms with Crippen LogP contribution in [0.4, 0.5) is 0 Å². The summed E-state index contributed by atoms with van der Waals surface area (Å²) in [6.45, 7) is 4.63. The predicted molar refractivity (Wildman–Crippen MR) is 98.4 cm³/mol. The first-order valence-corrected chi connectivity index (χ1v) is 8.81. The van der Waals surface area contributed by atoms with Crippen LogP contribution in [-0.2, 0) is 11.2 Å². The van der Waals surface area contributed by atoms with Crippen molar-refractivity contribution in [3.63, 3.8) is 0 Å². The van der Waals surface area contributed by atoms with Gasteiger partial charge < -0.3 is 9.80 Å². The van der Waals surface area contributed by atoms with E-state index >= 15 is 0 Å². The summed E-state index contributed by atoms with van der Waals surface area (Å²) in [5.41, 5.74) is 2.93. The van der Waals surface area contributed by atoms with Gasteiger partial charge in [0.1, 0.15) is 0 Å². The monoisotopic (exact) mass is 336 g/mol. The molecule has 1 fully saturated rings. The zero-order valence-corrected chi connectivity index (χ0v) is 14.6. The molecule has 2 aromatic carbocycles. The van der Waals surface area contributed by atoms with Crippen LogP contribution in [0.3, 0.4) is 0 Å². The summed E-state index contributed by atoms with van der Waals surface area (Å²) in [6, 6.07) is 17.4. The van der Waals surface area contributed by atoms with Crippen LogP contribution in [0.25, 0.3) is 0 Å². The van der Waals surface area contributed by atoms with E-state index in [9.17, 15) is 9.59 Å². The van der Waals surface area contributed by atoms with Crippen LogP contribution in [0.15, 0.2) is 54.6 Å². The number of hydrogen-bond acceptors (Lipinski definition) is 2. The molecule has 0 N–H and O–H groups in total. The molecule has 4 nitrogen and oxygen atoms in total. The normalized spacial score (nSPS) is 14.9. The van der Waals surface area contributed by atoms with Gasteiger partial charge in [-0.15, -0.1) is 0 Å². The molecule has 25 heavy (non-hydrogen) atoms. The van der Waals surface area contributed by atoms with Crippen LogP contribution >= 0.6 is 0 Å². The van der Waals surface area contributed by atoms with Crippen LogP contribution in [0.1, 0.15) is 27.9 Å². The van der Waals surface area contributed by atoms with Gasteiger partial charge in [-0.25, -0.2) is 0 Å². The molecule has 2 aromatic rings. The average molecular weight is 336 g/mol. The molecule has 1 saturated heterocycles. The third-order valence-corrected chi connectivity index (χ3v) is 4.59. The highest BCUT2D eigenvalue weighted by molar-refractivity contribution is 5.94. The van der Waals surface area contributed by atoms with E-state index < -0.39 is 0 Å². The van der Waals surface area contributed by atoms with Gasteiger partial charge in [-0.05, 0) is 31.0 Å². The molecule has 0 aromatic heterocycles. The maximum Gasteiger partial charge on any atom is 0.253 e. The summed E-state index contributed by atoms with van der Waals surface area (Å²) in [5, 5.41) is 0. The lowest BCUT2D eigenvalue weighted by Gasteiger charge is -2.22. The fraction of sp³-hybridized carbons (Fsp3) is 0.333. The zero-order valence-electron chi connectivity index (χ0n) is 14.6. The molecule has 0 aliphatic carbocycles. The second-order valence-corrected chi connectivity index (χ2v) is 6.56. The lowest BCUT2D eigenvalue weighted by molar-refractivity contribution is -0.130. The highest BCUT2D eigenvalue weighted by atomic mass is 16.2. The number of carbonyl (C=O) groups excluding carboxylic acids is 2. The molecule has 0 spiro atoms. The number of hydrogen-bond donors (Lipinski definition) is 0. The maximum atomic E-state index is 12.6. The van der Waals surface area contributed by atoms with E-state index in [1.54, 1.807) is 0 Å². The van der Waals surface area contributed by atoms with E-state index in [4.69, 9.17) is 0 Å². The van der Waals surface area contributed by atoms with Crippen molar-refractivity contribution in [2.24, 2.45) is 0 Å². The van der Waals surface area contributed by atoms with Gasteiger partial charge in [0.15, 0.2) is 0 Å². The highest BCUT2D eigenvalue weighted by Crippen LogP contribution is 2.12. The highest BCUT2D eigenvalue weighted by Gasteiger charge is 2.22. The van der Waals surface area contributed by atoms with Crippen molar-refractivity contribution in [2.75, 3.05) is 26.2 Å². The van der Waals surface area contributed by atoms with Gasteiger partial charge in [0.2, 0.25) is 5.91 Å². The van der Waals surface area contributed by atoms with Crippen molar-refractivity contribution in [3.05, 3.63) is 71.3 Å². The van der Waals surface area contributed by atoms with E-state index in [2.05, 4.69) is 6.07 Å². The van der Waals surface area contributed by atoms with Gasteiger partial charge in [0, 0.05) is 31.7 Å². The van der Waals surface area contributed by atoms with E-state index in [-0.39, 0.29) is 11.8 Å². The van der Waals surface area contributed by atoms with Crippen LogP contribution in [0.5, 0.6) is 0 Å². The summed E-state index contributed by atoms with van der Waals surface area (Å²) in [5.74, 6) is 0.188. The van der Waals surface area contributed by atoms with Crippen molar-refractivity contribution < 1.29 is 9.59 Å². The predicted octanol–water partition coefficient (Wildman–Crippen LogP) is 2.91. The Balaban J connectivity index is 1.59. The smallest absolute Gasteiger partial charge is 0.253 e. The van der Waals surface area contributed by atoms with E-state index in [0.29, 0.717) is 38.2 Å². The molecule has 0 saturated carbocycles. The molecule has 1 heterocycles. The maximum absolute atomic E-state index is 12.6. The number of aryl methyl sites for hydroxylation is 1. The van der Waals surface area contributed by atoms with Crippen molar-refractivity contribution in [2.45, 2.75) is 19.8 Å². The molecule has 130 valence electrons. The molecule has 0 unspecified atom stereocenters. The van der Waals surface area contributed by atoms with Gasteiger partial charge in [0.05, 0.1) is 6.42 Å². The zero-order chi connectivity index (χ0) is 17.6. The van der Waals surface area contributed by atoms with Crippen LogP contribution in [-0.4, -0.2) is 47.8 Å². The first-order chi connectivity index (χ1) is 12.1. The molecular formula is C21H24N2O2. The Hall–Kier alpha value is -2.62. The lowest BCUT2D eigenvalue weighted by Crippen LogP contribution is -2.38. The summed E-state index contributed by atoms with van der Waals surface area (Å²) < 4.78 is 0. The molecule has 2 amide bonds. The summed E-state index contributed by atoms with van der Waals surface area (Å²) >= 11 is 0. The van der Waals surface area contributed by atoms with Crippen LogP contribution in [0, 0.1) is 6.92 Å². The second-order valence-electron chi connectivity index (χ2n) is 6.56. The van der Waals surface area contributed by atoms with Gasteiger partial charge in [-0.2, -0.15) is 0 Å². The third kappa shape index (κ3) is 4.47. The van der Waals surface area contributed by atoms with Crippen molar-refractivity contribution in [1.29, 1.82) is 0 Å². The van der Waals surface area contributed by atoms with E-state index in [0.717, 1.165) is 12.0 Å². The minimum Gasteiger partial charge on any atom is -0.341 e. The summed E-state index contributed by atoms with van der Waals surface area (Å²) in [7, 11) is 0. The fourth-order valence-corrected chi connectivity index (χ4v) is 3.24. The fourth-order valence-electron chi connectivity index (χ4n) is 3.24. The van der Waals surface area contributed by atoms with Crippen molar-refractivity contribution in [1.82, 2.24) is 9.80 Å². The SMILES string of the molecule is Cc1cccc(CC(=O)N2CCCN(C(=O)c3ccccc3)CC2)c1. The molecule has 0 radical (unpaired) electrons. The summed E-state index contributed by atoms with van der Waals surface area (Å²) in [4.78, 5) is 28.9. The van der Waals surface area contributed by atoms with Crippen LogP contribution in [0.2, 0.25) is 0 Å². The quantitative estimate of drug-likeness (QED) is 0.865. The second kappa shape index (κ2) is 7.97. The largest absolute Gasteiger partial charge is 0.341 e. The van der Waals surface area contributed by atoms with Crippen molar-refractivity contribution in [3.8, 4) is 0 Å². The number of carbonyl (C=O) groups is 2. The number of rotatable bonds is 3. The number of nitrogens with zero attached hydrogens (tertiary/aromatic N) is 2. The molecule has 1 aliphatic heterocycles. The van der Waals surface area contributed by atoms with E-state index in [1.807, 2.05) is 65.3 Å². The Labute approximate surface area is 149 Å².